The second-order valence-electron chi connectivity index (χ2n) is 2.80. The molecular formula is C8H4BrF5INO. The summed E-state index contributed by atoms with van der Waals surface area (Å²) in [7, 11) is 0. The summed E-state index contributed by atoms with van der Waals surface area (Å²) in [5, 5.41) is 0.0228. The van der Waals surface area contributed by atoms with Gasteiger partial charge >= 0.3 is 6.36 Å². The Labute approximate surface area is 115 Å². The summed E-state index contributed by atoms with van der Waals surface area (Å²) in [6, 6.07) is 0.656. The molecule has 0 saturated carbocycles. The summed E-state index contributed by atoms with van der Waals surface area (Å²) in [5.74, 6) is -0.724. The summed E-state index contributed by atoms with van der Waals surface area (Å²) in [6.07, 6.45) is -7.85. The van der Waals surface area contributed by atoms with Crippen LogP contribution in [0, 0.1) is 3.70 Å². The molecule has 0 aliphatic heterocycles. The summed E-state index contributed by atoms with van der Waals surface area (Å²) >= 11 is 4.42. The van der Waals surface area contributed by atoms with Gasteiger partial charge in [0.05, 0.1) is 5.69 Å². The van der Waals surface area contributed by atoms with E-state index in [9.17, 15) is 22.0 Å². The molecule has 2 nitrogen and oxygen atoms in total. The molecule has 1 aromatic heterocycles. The van der Waals surface area contributed by atoms with Crippen LogP contribution < -0.4 is 4.74 Å². The zero-order valence-corrected chi connectivity index (χ0v) is 11.6. The van der Waals surface area contributed by atoms with Crippen molar-refractivity contribution in [3.63, 3.8) is 0 Å². The minimum atomic E-state index is -4.93. The van der Waals surface area contributed by atoms with Gasteiger partial charge in [0.25, 0.3) is 6.43 Å². The summed E-state index contributed by atoms with van der Waals surface area (Å²) < 4.78 is 64.6. The number of rotatable bonds is 3. The molecule has 1 heterocycles. The van der Waals surface area contributed by atoms with Crippen molar-refractivity contribution >= 4 is 38.5 Å². The standard InChI is InChI=1S/C8H4BrF5INO/c9-2-4-3(6(10)11)1-5(7(15)16-4)17-8(12,13)14/h1,6H,2H2. The molecule has 1 rings (SSSR count). The Hall–Kier alpha value is -0.190. The van der Waals surface area contributed by atoms with Crippen LogP contribution in [0.25, 0.3) is 0 Å². The zero-order chi connectivity index (χ0) is 13.2. The van der Waals surface area contributed by atoms with Crippen LogP contribution in [-0.4, -0.2) is 11.3 Å². The van der Waals surface area contributed by atoms with E-state index in [1.807, 2.05) is 0 Å². The maximum atomic E-state index is 12.6. The van der Waals surface area contributed by atoms with Crippen molar-refractivity contribution in [2.45, 2.75) is 18.1 Å². The third-order valence-electron chi connectivity index (χ3n) is 1.64. The molecule has 0 aliphatic carbocycles. The monoisotopic (exact) mass is 431 g/mol. The molecule has 0 radical (unpaired) electrons. The maximum Gasteiger partial charge on any atom is 0.573 e. The van der Waals surface area contributed by atoms with Gasteiger partial charge in [-0.15, -0.1) is 13.2 Å². The first-order valence-corrected chi connectivity index (χ1v) is 6.23. The van der Waals surface area contributed by atoms with E-state index in [0.29, 0.717) is 6.07 Å². The highest BCUT2D eigenvalue weighted by Crippen LogP contribution is 2.33. The molecule has 9 heteroatoms. The Balaban J connectivity index is 3.20. The van der Waals surface area contributed by atoms with Crippen molar-refractivity contribution < 1.29 is 26.7 Å². The third kappa shape index (κ3) is 4.19. The van der Waals surface area contributed by atoms with E-state index in [1.54, 1.807) is 0 Å². The first-order chi connectivity index (χ1) is 7.74. The molecule has 0 spiro atoms. The molecule has 0 unspecified atom stereocenters. The van der Waals surface area contributed by atoms with E-state index in [4.69, 9.17) is 0 Å². The highest BCUT2D eigenvalue weighted by atomic mass is 127. The predicted octanol–water partition coefficient (Wildman–Crippen LogP) is 4.42. The molecule has 0 aliphatic rings. The van der Waals surface area contributed by atoms with Crippen LogP contribution >= 0.6 is 38.5 Å². The van der Waals surface area contributed by atoms with Crippen LogP contribution in [0.5, 0.6) is 5.75 Å². The van der Waals surface area contributed by atoms with Crippen LogP contribution in [-0.2, 0) is 5.33 Å². The summed E-state index contributed by atoms with van der Waals surface area (Å²) in [4.78, 5) is 3.63. The number of halogens is 7. The number of ether oxygens (including phenoxy) is 1. The number of pyridine rings is 1. The summed E-state index contributed by atoms with van der Waals surface area (Å²) in [6.45, 7) is 0. The van der Waals surface area contributed by atoms with Crippen LogP contribution in [0.3, 0.4) is 0 Å². The SMILES string of the molecule is FC(F)c1cc(OC(F)(F)F)c(I)nc1CBr. The molecule has 0 bridgehead atoms. The fraction of sp³-hybridized carbons (Fsp3) is 0.375. The molecule has 1 aromatic rings. The van der Waals surface area contributed by atoms with Crippen molar-refractivity contribution in [1.29, 1.82) is 0 Å². The number of nitrogens with zero attached hydrogens (tertiary/aromatic N) is 1. The number of hydrogen-bond acceptors (Lipinski definition) is 2. The van der Waals surface area contributed by atoms with Crippen LogP contribution in [0.4, 0.5) is 22.0 Å². The predicted molar refractivity (Wildman–Crippen MR) is 61.2 cm³/mol. The molecule has 0 saturated heterocycles. The maximum absolute atomic E-state index is 12.6. The van der Waals surface area contributed by atoms with Crippen LogP contribution in [0.15, 0.2) is 6.07 Å². The van der Waals surface area contributed by atoms with Crippen LogP contribution in [0.2, 0.25) is 0 Å². The van der Waals surface area contributed by atoms with Crippen molar-refractivity contribution in [3.05, 3.63) is 21.0 Å². The van der Waals surface area contributed by atoms with E-state index in [0.717, 1.165) is 0 Å². The highest BCUT2D eigenvalue weighted by Gasteiger charge is 2.33. The first-order valence-electron chi connectivity index (χ1n) is 4.03. The third-order valence-corrected chi connectivity index (χ3v) is 2.95. The quantitative estimate of drug-likeness (QED) is 0.306. The first kappa shape index (κ1) is 14.9. The minimum absolute atomic E-state index is 0.0149. The topological polar surface area (TPSA) is 22.1 Å². The average molecular weight is 432 g/mol. The highest BCUT2D eigenvalue weighted by molar-refractivity contribution is 14.1. The fourth-order valence-corrected chi connectivity index (χ4v) is 2.02. The molecule has 0 fully saturated rings. The van der Waals surface area contributed by atoms with Gasteiger partial charge < -0.3 is 4.74 Å². The lowest BCUT2D eigenvalue weighted by Crippen LogP contribution is -2.18. The van der Waals surface area contributed by atoms with Gasteiger partial charge in [0.2, 0.25) is 0 Å². The normalized spacial score (nSPS) is 12.0. The average Bonchev–Trinajstić information content (AvgIpc) is 2.18. The van der Waals surface area contributed by atoms with Crippen molar-refractivity contribution in [2.75, 3.05) is 0 Å². The van der Waals surface area contributed by atoms with E-state index in [-0.39, 0.29) is 14.7 Å². The molecule has 0 N–H and O–H groups in total. The van der Waals surface area contributed by atoms with Gasteiger partial charge in [-0.3, -0.25) is 0 Å². The summed E-state index contributed by atoms with van der Waals surface area (Å²) in [5.41, 5.74) is -0.597. The Morgan fingerprint density at radius 2 is 2.00 bits per heavy atom. The molecule has 17 heavy (non-hydrogen) atoms. The van der Waals surface area contributed by atoms with Gasteiger partial charge in [0, 0.05) is 10.9 Å². The molecule has 0 atom stereocenters. The second-order valence-corrected chi connectivity index (χ2v) is 4.38. The van der Waals surface area contributed by atoms with Crippen molar-refractivity contribution in [2.24, 2.45) is 0 Å². The van der Waals surface area contributed by atoms with E-state index < -0.39 is 24.1 Å². The number of alkyl halides is 6. The molecule has 96 valence electrons. The number of hydrogen-bond donors (Lipinski definition) is 0. The van der Waals surface area contributed by atoms with Gasteiger partial charge in [-0.1, -0.05) is 15.9 Å². The Kier molecular flexibility index (Phi) is 4.93. The molecule has 0 amide bonds. The Morgan fingerprint density at radius 3 is 2.41 bits per heavy atom. The minimum Gasteiger partial charge on any atom is -0.403 e. The van der Waals surface area contributed by atoms with Crippen LogP contribution in [0.1, 0.15) is 17.7 Å². The van der Waals surface area contributed by atoms with E-state index >= 15 is 0 Å². The van der Waals surface area contributed by atoms with Crippen molar-refractivity contribution in [1.82, 2.24) is 4.98 Å². The molecular weight excluding hydrogens is 428 g/mol. The van der Waals surface area contributed by atoms with E-state index in [1.165, 1.54) is 22.6 Å². The Morgan fingerprint density at radius 1 is 1.41 bits per heavy atom. The number of aromatic nitrogens is 1. The zero-order valence-electron chi connectivity index (χ0n) is 7.86. The van der Waals surface area contributed by atoms with Gasteiger partial charge in [0.15, 0.2) is 5.75 Å². The van der Waals surface area contributed by atoms with Gasteiger partial charge in [-0.25, -0.2) is 13.8 Å². The lowest BCUT2D eigenvalue weighted by atomic mass is 10.2. The van der Waals surface area contributed by atoms with Crippen molar-refractivity contribution in [3.8, 4) is 5.75 Å². The lowest BCUT2D eigenvalue weighted by molar-refractivity contribution is -0.275. The van der Waals surface area contributed by atoms with E-state index in [2.05, 4.69) is 25.7 Å². The fourth-order valence-electron chi connectivity index (χ4n) is 1.01. The smallest absolute Gasteiger partial charge is 0.403 e. The van der Waals surface area contributed by atoms with Gasteiger partial charge in [-0.2, -0.15) is 0 Å². The van der Waals surface area contributed by atoms with Gasteiger partial charge in [0.1, 0.15) is 3.70 Å². The van der Waals surface area contributed by atoms with Gasteiger partial charge in [-0.05, 0) is 28.7 Å². The largest absolute Gasteiger partial charge is 0.573 e. The second kappa shape index (κ2) is 5.63. The molecule has 0 aromatic carbocycles. The Bertz CT molecular complexity index is 412. The lowest BCUT2D eigenvalue weighted by Gasteiger charge is -2.13.